The highest BCUT2D eigenvalue weighted by atomic mass is 15.3. The second-order valence-corrected chi connectivity index (χ2v) is 5.23. The van der Waals surface area contributed by atoms with Crippen molar-refractivity contribution in [3.8, 4) is 12.1 Å². The summed E-state index contributed by atoms with van der Waals surface area (Å²) in [7, 11) is 0. The smallest absolute Gasteiger partial charge is 0.237 e. The molecule has 24 heavy (non-hydrogen) atoms. The molecule has 0 saturated heterocycles. The molecule has 2 aromatic carbocycles. The molecule has 0 amide bonds. The number of hydrazone groups is 1. The van der Waals surface area contributed by atoms with E-state index in [1.54, 1.807) is 12.1 Å². The molecule has 0 fully saturated rings. The Bertz CT molecular complexity index is 970. The predicted octanol–water partition coefficient (Wildman–Crippen LogP) is 3.21. The average molecular weight is 314 g/mol. The van der Waals surface area contributed by atoms with Crippen LogP contribution in [-0.4, -0.2) is 15.3 Å². The quantitative estimate of drug-likeness (QED) is 0.591. The molecule has 1 N–H and O–H groups in total. The first-order valence-electron chi connectivity index (χ1n) is 7.36. The molecule has 0 aliphatic carbocycles. The first-order valence-corrected chi connectivity index (χ1v) is 7.36. The van der Waals surface area contributed by atoms with Gasteiger partial charge in [-0.2, -0.15) is 15.6 Å². The fourth-order valence-electron chi connectivity index (χ4n) is 2.48. The van der Waals surface area contributed by atoms with Crippen LogP contribution in [-0.2, 0) is 6.54 Å². The third-order valence-electron chi connectivity index (χ3n) is 3.63. The van der Waals surface area contributed by atoms with E-state index in [1.165, 1.54) is 5.56 Å². The zero-order valence-corrected chi connectivity index (χ0v) is 13.1. The van der Waals surface area contributed by atoms with Crippen molar-refractivity contribution in [2.75, 3.05) is 5.43 Å². The van der Waals surface area contributed by atoms with Crippen LogP contribution in [0.4, 0.5) is 5.69 Å². The molecule has 1 aromatic heterocycles. The fraction of sp³-hybridized carbons (Fsp3) is 0.111. The van der Waals surface area contributed by atoms with Crippen molar-refractivity contribution >= 4 is 22.4 Å². The highest BCUT2D eigenvalue weighted by molar-refractivity contribution is 6.10. The van der Waals surface area contributed by atoms with Gasteiger partial charge in [0.1, 0.15) is 18.0 Å². The fourth-order valence-corrected chi connectivity index (χ4v) is 2.48. The SMILES string of the molecule is Cc1nc2cc(NN=C(C#N)C#N)ccc2n1Cc1ccccc1. The normalized spacial score (nSPS) is 9.96. The average Bonchev–Trinajstić information content (AvgIpc) is 2.91. The molecule has 1 heterocycles. The first-order chi connectivity index (χ1) is 11.7. The summed E-state index contributed by atoms with van der Waals surface area (Å²) in [5.41, 5.74) is 6.23. The molecule has 0 saturated carbocycles. The zero-order chi connectivity index (χ0) is 16.9. The molecular weight excluding hydrogens is 300 g/mol. The number of benzene rings is 2. The van der Waals surface area contributed by atoms with Gasteiger partial charge in [0.2, 0.25) is 5.71 Å². The van der Waals surface area contributed by atoms with Crippen LogP contribution in [0.1, 0.15) is 11.4 Å². The lowest BCUT2D eigenvalue weighted by Crippen LogP contribution is -2.01. The number of rotatable bonds is 4. The maximum Gasteiger partial charge on any atom is 0.237 e. The molecule has 6 nitrogen and oxygen atoms in total. The molecule has 0 aliphatic heterocycles. The van der Waals surface area contributed by atoms with Crippen LogP contribution in [0.25, 0.3) is 11.0 Å². The minimum Gasteiger partial charge on any atom is -0.324 e. The lowest BCUT2D eigenvalue weighted by Gasteiger charge is -2.07. The number of aryl methyl sites for hydroxylation is 1. The Morgan fingerprint density at radius 3 is 2.62 bits per heavy atom. The maximum atomic E-state index is 8.70. The summed E-state index contributed by atoms with van der Waals surface area (Å²) in [6.07, 6.45) is 0. The topological polar surface area (TPSA) is 89.8 Å². The number of nitrogens with zero attached hydrogens (tertiary/aromatic N) is 5. The molecule has 0 bridgehead atoms. The van der Waals surface area contributed by atoms with Gasteiger partial charge in [0.05, 0.1) is 16.7 Å². The van der Waals surface area contributed by atoms with Crippen LogP contribution < -0.4 is 5.43 Å². The number of imidazole rings is 1. The van der Waals surface area contributed by atoms with E-state index in [0.29, 0.717) is 5.69 Å². The monoisotopic (exact) mass is 314 g/mol. The van der Waals surface area contributed by atoms with Gasteiger partial charge in [-0.05, 0) is 30.7 Å². The van der Waals surface area contributed by atoms with Gasteiger partial charge in [0.15, 0.2) is 0 Å². The summed E-state index contributed by atoms with van der Waals surface area (Å²) in [5.74, 6) is 0.921. The summed E-state index contributed by atoms with van der Waals surface area (Å²) < 4.78 is 2.15. The third-order valence-corrected chi connectivity index (χ3v) is 3.63. The number of anilines is 1. The Balaban J connectivity index is 1.92. The van der Waals surface area contributed by atoms with Crippen LogP contribution in [0.3, 0.4) is 0 Å². The number of nitrogens with one attached hydrogen (secondary N) is 1. The Labute approximate surface area is 139 Å². The van der Waals surface area contributed by atoms with Gasteiger partial charge in [-0.25, -0.2) is 4.98 Å². The molecule has 3 rings (SSSR count). The number of hydrogen-bond donors (Lipinski definition) is 1. The summed E-state index contributed by atoms with van der Waals surface area (Å²) in [6.45, 7) is 2.72. The maximum absolute atomic E-state index is 8.70. The molecule has 0 atom stereocenters. The van der Waals surface area contributed by atoms with Gasteiger partial charge in [-0.15, -0.1) is 0 Å². The van der Waals surface area contributed by atoms with Gasteiger partial charge >= 0.3 is 0 Å². The van der Waals surface area contributed by atoms with Crippen molar-refractivity contribution in [1.82, 2.24) is 9.55 Å². The Hall–Kier alpha value is -3.64. The van der Waals surface area contributed by atoms with Crippen LogP contribution in [0.5, 0.6) is 0 Å². The molecule has 0 spiro atoms. The van der Waals surface area contributed by atoms with E-state index in [0.717, 1.165) is 23.4 Å². The second-order valence-electron chi connectivity index (χ2n) is 5.23. The first kappa shape index (κ1) is 15.3. The van der Waals surface area contributed by atoms with E-state index >= 15 is 0 Å². The van der Waals surface area contributed by atoms with Crippen molar-refractivity contribution in [3.05, 3.63) is 59.9 Å². The summed E-state index contributed by atoms with van der Waals surface area (Å²) in [5, 5.41) is 21.1. The summed E-state index contributed by atoms with van der Waals surface area (Å²) >= 11 is 0. The lowest BCUT2D eigenvalue weighted by atomic mass is 10.2. The highest BCUT2D eigenvalue weighted by Crippen LogP contribution is 2.21. The van der Waals surface area contributed by atoms with E-state index in [4.69, 9.17) is 10.5 Å². The third kappa shape index (κ3) is 3.08. The molecule has 3 aromatic rings. The lowest BCUT2D eigenvalue weighted by molar-refractivity contribution is 0.786. The van der Waals surface area contributed by atoms with Crippen LogP contribution >= 0.6 is 0 Å². The van der Waals surface area contributed by atoms with Gasteiger partial charge in [0, 0.05) is 6.54 Å². The largest absolute Gasteiger partial charge is 0.324 e. The van der Waals surface area contributed by atoms with E-state index in [9.17, 15) is 0 Å². The Morgan fingerprint density at radius 2 is 1.92 bits per heavy atom. The number of fused-ring (bicyclic) bond motifs is 1. The predicted molar refractivity (Wildman–Crippen MR) is 92.3 cm³/mol. The molecule has 0 aliphatic rings. The van der Waals surface area contributed by atoms with E-state index < -0.39 is 0 Å². The van der Waals surface area contributed by atoms with Crippen molar-refractivity contribution in [2.24, 2.45) is 5.10 Å². The van der Waals surface area contributed by atoms with Crippen molar-refractivity contribution in [2.45, 2.75) is 13.5 Å². The molecule has 6 heteroatoms. The molecule has 0 unspecified atom stereocenters. The van der Waals surface area contributed by atoms with Crippen LogP contribution in [0.15, 0.2) is 53.6 Å². The minimum atomic E-state index is -0.221. The summed E-state index contributed by atoms with van der Waals surface area (Å²) in [4.78, 5) is 4.58. The molecular formula is C18H14N6. The van der Waals surface area contributed by atoms with Crippen molar-refractivity contribution in [3.63, 3.8) is 0 Å². The van der Waals surface area contributed by atoms with Crippen molar-refractivity contribution < 1.29 is 0 Å². The van der Waals surface area contributed by atoms with E-state index in [-0.39, 0.29) is 5.71 Å². The standard InChI is InChI=1S/C18H14N6/c1-13-21-17-9-15(22-23-16(10-19)11-20)7-8-18(17)24(13)12-14-5-3-2-4-6-14/h2-9,22H,12H2,1H3. The summed E-state index contributed by atoms with van der Waals surface area (Å²) in [6, 6.07) is 19.3. The minimum absolute atomic E-state index is 0.221. The van der Waals surface area contributed by atoms with Crippen LogP contribution in [0, 0.1) is 29.6 Å². The van der Waals surface area contributed by atoms with Gasteiger partial charge in [0.25, 0.3) is 0 Å². The van der Waals surface area contributed by atoms with E-state index in [2.05, 4.69) is 32.2 Å². The van der Waals surface area contributed by atoms with E-state index in [1.807, 2.05) is 43.3 Å². The van der Waals surface area contributed by atoms with Crippen molar-refractivity contribution in [1.29, 1.82) is 10.5 Å². The van der Waals surface area contributed by atoms with Gasteiger partial charge in [-0.1, -0.05) is 30.3 Å². The highest BCUT2D eigenvalue weighted by Gasteiger charge is 2.08. The Morgan fingerprint density at radius 1 is 1.17 bits per heavy atom. The number of hydrogen-bond acceptors (Lipinski definition) is 5. The Kier molecular flexibility index (Phi) is 4.22. The zero-order valence-electron chi connectivity index (χ0n) is 13.1. The van der Waals surface area contributed by atoms with Crippen LogP contribution in [0.2, 0.25) is 0 Å². The number of nitriles is 2. The molecule has 116 valence electrons. The van der Waals surface area contributed by atoms with Gasteiger partial charge in [-0.3, -0.25) is 5.43 Å². The number of aromatic nitrogens is 2. The second kappa shape index (κ2) is 6.64. The van der Waals surface area contributed by atoms with Gasteiger partial charge < -0.3 is 4.57 Å². The molecule has 0 radical (unpaired) electrons.